The molecular weight excluding hydrogens is 1150 g/mol. The lowest BCUT2D eigenvalue weighted by Gasteiger charge is -2.14. The molecule has 0 unspecified atom stereocenters. The first kappa shape index (κ1) is 51.4. The minimum absolute atomic E-state index is 1.17. The third-order valence-electron chi connectivity index (χ3n) is 19.3. The summed E-state index contributed by atoms with van der Waals surface area (Å²) >= 11 is 3.76. The Balaban J connectivity index is 0.000000128. The van der Waals surface area contributed by atoms with Gasteiger partial charge in [0.05, 0.1) is 49.8 Å². The summed E-state index contributed by atoms with van der Waals surface area (Å²) < 4.78 is 15.2. The van der Waals surface area contributed by atoms with Gasteiger partial charge in [-0.2, -0.15) is 0 Å². The van der Waals surface area contributed by atoms with Gasteiger partial charge in [0.25, 0.3) is 0 Å². The lowest BCUT2D eigenvalue weighted by molar-refractivity contribution is 1.17. The largest absolute Gasteiger partial charge is 0.309 e. The summed E-state index contributed by atoms with van der Waals surface area (Å²) in [5.74, 6) is 0. The second kappa shape index (κ2) is 20.0. The fraction of sp³-hybridized carbons (Fsp3) is 0. The van der Waals surface area contributed by atoms with Crippen LogP contribution in [0, 0.1) is 0 Å². The summed E-state index contributed by atoms with van der Waals surface area (Å²) in [6.07, 6.45) is 0. The Morgan fingerprint density at radius 1 is 0.174 bits per heavy atom. The van der Waals surface area contributed by atoms with Crippen LogP contribution in [0.4, 0.5) is 0 Å². The molecule has 0 aliphatic rings. The molecule has 21 aromatic rings. The van der Waals surface area contributed by atoms with E-state index in [1.54, 1.807) is 0 Å². The highest BCUT2D eigenvalue weighted by Crippen LogP contribution is 2.47. The van der Waals surface area contributed by atoms with Crippen LogP contribution in [-0.2, 0) is 0 Å². The second-order valence-corrected chi connectivity index (χ2v) is 26.5. The van der Waals surface area contributed by atoms with Gasteiger partial charge in [-0.15, -0.1) is 22.7 Å². The van der Waals surface area contributed by atoms with Crippen molar-refractivity contribution < 1.29 is 0 Å². The average molecular weight is 1210 g/mol. The fourth-order valence-electron chi connectivity index (χ4n) is 15.3. The monoisotopic (exact) mass is 1200 g/mol. The smallest absolute Gasteiger partial charge is 0.0562 e. The molecule has 6 aromatic heterocycles. The van der Waals surface area contributed by atoms with Crippen molar-refractivity contribution in [1.29, 1.82) is 0 Å². The van der Waals surface area contributed by atoms with E-state index in [0.29, 0.717) is 0 Å². The van der Waals surface area contributed by atoms with Gasteiger partial charge in [0, 0.05) is 106 Å². The van der Waals surface area contributed by atoms with Gasteiger partial charge in [-0.1, -0.05) is 200 Å². The molecule has 0 amide bonds. The Morgan fingerprint density at radius 2 is 0.543 bits per heavy atom. The third-order valence-corrected chi connectivity index (χ3v) is 21.6. The number of aromatic nitrogens is 4. The molecule has 0 aliphatic heterocycles. The fourth-order valence-corrected chi connectivity index (χ4v) is 17.6. The second-order valence-electron chi connectivity index (χ2n) is 24.3. The van der Waals surface area contributed by atoms with Crippen LogP contribution < -0.4 is 0 Å². The van der Waals surface area contributed by atoms with Crippen LogP contribution in [0.3, 0.4) is 0 Å². The van der Waals surface area contributed by atoms with Crippen LogP contribution in [0.25, 0.3) is 183 Å². The predicted octanol–water partition coefficient (Wildman–Crippen LogP) is 24.5. The van der Waals surface area contributed by atoms with E-state index < -0.39 is 0 Å². The van der Waals surface area contributed by atoms with Gasteiger partial charge in [0.15, 0.2) is 0 Å². The van der Waals surface area contributed by atoms with E-state index in [4.69, 9.17) is 0 Å². The van der Waals surface area contributed by atoms with E-state index in [0.717, 1.165) is 0 Å². The molecule has 0 radical (unpaired) electrons. The van der Waals surface area contributed by atoms with E-state index >= 15 is 0 Å². The van der Waals surface area contributed by atoms with Gasteiger partial charge in [0.2, 0.25) is 0 Å². The number of hydrogen-bond donors (Lipinski definition) is 0. The van der Waals surface area contributed by atoms with Crippen LogP contribution in [0.5, 0.6) is 0 Å². The molecule has 0 bridgehead atoms. The van der Waals surface area contributed by atoms with Crippen LogP contribution in [-0.4, -0.2) is 18.3 Å². The molecule has 6 heteroatoms. The number of rotatable bonds is 5. The molecule has 0 fully saturated rings. The van der Waals surface area contributed by atoms with Crippen LogP contribution in [0.2, 0.25) is 0 Å². The van der Waals surface area contributed by atoms with E-state index in [1.807, 2.05) is 22.7 Å². The van der Waals surface area contributed by atoms with Crippen molar-refractivity contribution in [2.75, 3.05) is 0 Å². The van der Waals surface area contributed by atoms with Gasteiger partial charge in [-0.3, -0.25) is 0 Å². The molecule has 4 nitrogen and oxygen atoms in total. The highest BCUT2D eigenvalue weighted by molar-refractivity contribution is 7.26. The maximum atomic E-state index is 2.50. The lowest BCUT2D eigenvalue weighted by Crippen LogP contribution is -1.97. The van der Waals surface area contributed by atoms with E-state index in [-0.39, 0.29) is 0 Å². The molecule has 6 heterocycles. The molecule has 0 saturated carbocycles. The molecule has 428 valence electrons. The lowest BCUT2D eigenvalue weighted by atomic mass is 10.00. The molecule has 0 N–H and O–H groups in total. The number of nitrogens with zero attached hydrogens (tertiary/aromatic N) is 4. The summed E-state index contributed by atoms with van der Waals surface area (Å²) in [6, 6.07) is 116. The minimum Gasteiger partial charge on any atom is -0.309 e. The molecule has 0 saturated heterocycles. The highest BCUT2D eigenvalue weighted by Gasteiger charge is 2.24. The van der Waals surface area contributed by atoms with Crippen molar-refractivity contribution in [1.82, 2.24) is 18.3 Å². The Hall–Kier alpha value is -11.5. The topological polar surface area (TPSA) is 19.7 Å². The Bertz CT molecular complexity index is 6610. The maximum absolute atomic E-state index is 2.50. The van der Waals surface area contributed by atoms with Gasteiger partial charge >= 0.3 is 0 Å². The van der Waals surface area contributed by atoms with Crippen molar-refractivity contribution in [3.05, 3.63) is 315 Å². The quantitative estimate of drug-likeness (QED) is 0.153. The van der Waals surface area contributed by atoms with Crippen molar-refractivity contribution in [2.24, 2.45) is 0 Å². The first-order valence-electron chi connectivity index (χ1n) is 31.5. The summed E-state index contributed by atoms with van der Waals surface area (Å²) in [5.41, 5.74) is 16.9. The van der Waals surface area contributed by atoms with Gasteiger partial charge in [-0.25, -0.2) is 0 Å². The number of para-hydroxylation sites is 4. The van der Waals surface area contributed by atoms with E-state index in [2.05, 4.69) is 334 Å². The van der Waals surface area contributed by atoms with E-state index in [1.165, 1.54) is 183 Å². The zero-order valence-electron chi connectivity index (χ0n) is 49.6. The number of benzene rings is 15. The number of hydrogen-bond acceptors (Lipinski definition) is 2. The van der Waals surface area contributed by atoms with Gasteiger partial charge in [-0.05, 0) is 143 Å². The standard InChI is InChI=1S/C44H26N2S.C42H26N2S/c1-2-13-28(14-3-1)45-40-25-41-34(23-35(40)36-24-37-33-19-9-11-21-43(33)47-44(37)26-42(36)45)32-18-8-10-20-38(32)46(41)39-22-27-12-4-5-15-29(27)30-16-6-7-17-31(30)39;1-3-12-27(13-4-1)28-14-11-17-30(22-28)44-39-25-38-33(31-18-7-9-20-37(31)43(38)29-15-5-2-6-16-29)23-34(39)35-24-36-32-19-8-10-21-41(32)45-42(36)26-40(35)44/h1-26H;1-26H. The van der Waals surface area contributed by atoms with Crippen LogP contribution in [0.15, 0.2) is 315 Å². The number of thiophene rings is 2. The first-order valence-corrected chi connectivity index (χ1v) is 33.1. The minimum atomic E-state index is 1.17. The Labute approximate surface area is 535 Å². The van der Waals surface area contributed by atoms with Crippen molar-refractivity contribution in [2.45, 2.75) is 0 Å². The first-order chi connectivity index (χ1) is 45.6. The Morgan fingerprint density at radius 3 is 1.11 bits per heavy atom. The molecule has 21 rings (SSSR count). The zero-order chi connectivity index (χ0) is 60.1. The molecule has 15 aromatic carbocycles. The SMILES string of the molecule is c1ccc(-c2cccc(-n3c4cc5sc6ccccc6c5cc4c4cc5c6ccccc6n(-c6ccccc6)c5cc43)c2)cc1.c1ccc(-n2c3cc4sc5ccccc5c4cc3c3cc4c5ccccc5n(-c5cc6ccccc6c6ccccc56)c4cc32)cc1. The predicted molar refractivity (Wildman–Crippen MR) is 396 cm³/mol. The summed E-state index contributed by atoms with van der Waals surface area (Å²) in [4.78, 5) is 0. The zero-order valence-corrected chi connectivity index (χ0v) is 51.3. The van der Waals surface area contributed by atoms with Crippen LogP contribution >= 0.6 is 22.7 Å². The third kappa shape index (κ3) is 7.63. The highest BCUT2D eigenvalue weighted by atomic mass is 32.1. The summed E-state index contributed by atoms with van der Waals surface area (Å²) in [6.45, 7) is 0. The number of fused-ring (bicyclic) bond motifs is 21. The van der Waals surface area contributed by atoms with E-state index in [9.17, 15) is 0 Å². The molecule has 0 spiro atoms. The summed E-state index contributed by atoms with van der Waals surface area (Å²) in [5, 5.41) is 20.6. The maximum Gasteiger partial charge on any atom is 0.0562 e. The van der Waals surface area contributed by atoms with Crippen molar-refractivity contribution in [3.63, 3.8) is 0 Å². The molecular formula is C86H52N4S2. The molecule has 92 heavy (non-hydrogen) atoms. The average Bonchev–Trinajstić information content (AvgIpc) is 1.55. The van der Waals surface area contributed by atoms with Crippen molar-refractivity contribution >= 4 is 172 Å². The van der Waals surface area contributed by atoms with Gasteiger partial charge in [0.1, 0.15) is 0 Å². The van der Waals surface area contributed by atoms with Crippen LogP contribution in [0.1, 0.15) is 0 Å². The van der Waals surface area contributed by atoms with Crippen molar-refractivity contribution in [3.8, 4) is 33.9 Å². The normalized spacial score (nSPS) is 12.1. The van der Waals surface area contributed by atoms with Gasteiger partial charge < -0.3 is 18.3 Å². The molecule has 0 atom stereocenters. The Kier molecular flexibility index (Phi) is 11.2. The summed E-state index contributed by atoms with van der Waals surface area (Å²) in [7, 11) is 0. The molecule has 0 aliphatic carbocycles.